The summed E-state index contributed by atoms with van der Waals surface area (Å²) in [5.74, 6) is -0.366. The highest BCUT2D eigenvalue weighted by Crippen LogP contribution is 2.36. The van der Waals surface area contributed by atoms with Gasteiger partial charge in [0.25, 0.3) is 5.91 Å². The van der Waals surface area contributed by atoms with Crippen LogP contribution in [0, 0.1) is 5.82 Å². The lowest BCUT2D eigenvalue weighted by atomic mass is 10.1. The van der Waals surface area contributed by atoms with Gasteiger partial charge in [-0.05, 0) is 59.8 Å². The maximum Gasteiger partial charge on any atom is 0.255 e. The van der Waals surface area contributed by atoms with Gasteiger partial charge < -0.3 is 4.90 Å². The van der Waals surface area contributed by atoms with Crippen LogP contribution in [-0.4, -0.2) is 22.9 Å². The first-order chi connectivity index (χ1) is 9.16. The van der Waals surface area contributed by atoms with E-state index in [4.69, 9.17) is 0 Å². The highest BCUT2D eigenvalue weighted by molar-refractivity contribution is 9.10. The third-order valence-electron chi connectivity index (χ3n) is 4.05. The second-order valence-corrected chi connectivity index (χ2v) is 6.36. The van der Waals surface area contributed by atoms with Crippen LogP contribution in [-0.2, 0) is 0 Å². The SMILES string of the molecule is O=C(c1cc(F)ccc1Br)N(C1CCCC1)C1CC1. The molecule has 0 atom stereocenters. The van der Waals surface area contributed by atoms with Gasteiger partial charge in [0.1, 0.15) is 5.82 Å². The summed E-state index contributed by atoms with van der Waals surface area (Å²) >= 11 is 3.36. The van der Waals surface area contributed by atoms with Crippen LogP contribution < -0.4 is 0 Å². The molecule has 0 unspecified atom stereocenters. The summed E-state index contributed by atoms with van der Waals surface area (Å²) in [5.41, 5.74) is 0.457. The van der Waals surface area contributed by atoms with Gasteiger partial charge in [0.2, 0.25) is 0 Å². The maximum atomic E-state index is 13.4. The molecule has 4 heteroatoms. The summed E-state index contributed by atoms with van der Waals surface area (Å²) in [6.07, 6.45) is 6.77. The topological polar surface area (TPSA) is 20.3 Å². The van der Waals surface area contributed by atoms with Gasteiger partial charge in [-0.3, -0.25) is 4.79 Å². The normalized spacial score (nSPS) is 19.7. The molecule has 0 aromatic heterocycles. The van der Waals surface area contributed by atoms with Crippen molar-refractivity contribution in [3.8, 4) is 0 Å². The third kappa shape index (κ3) is 2.69. The highest BCUT2D eigenvalue weighted by Gasteiger charge is 2.39. The van der Waals surface area contributed by atoms with Crippen LogP contribution in [0.25, 0.3) is 0 Å². The molecule has 0 spiro atoms. The smallest absolute Gasteiger partial charge is 0.255 e. The molecule has 0 radical (unpaired) electrons. The number of carbonyl (C=O) groups is 1. The van der Waals surface area contributed by atoms with E-state index in [0.717, 1.165) is 25.7 Å². The fourth-order valence-electron chi connectivity index (χ4n) is 2.97. The molecule has 0 N–H and O–H groups in total. The van der Waals surface area contributed by atoms with Gasteiger partial charge in [0.15, 0.2) is 0 Å². The number of carbonyl (C=O) groups excluding carboxylic acids is 1. The zero-order valence-corrected chi connectivity index (χ0v) is 12.3. The lowest BCUT2D eigenvalue weighted by molar-refractivity contribution is 0.0663. The predicted molar refractivity (Wildman–Crippen MR) is 75.5 cm³/mol. The molecule has 2 nitrogen and oxygen atoms in total. The summed E-state index contributed by atoms with van der Waals surface area (Å²) in [6.45, 7) is 0. The molecule has 0 aliphatic heterocycles. The average molecular weight is 326 g/mol. The average Bonchev–Trinajstić information content (AvgIpc) is 3.07. The molecule has 1 aromatic carbocycles. The van der Waals surface area contributed by atoms with Gasteiger partial charge in [0, 0.05) is 16.6 Å². The first-order valence-electron chi connectivity index (χ1n) is 6.94. The van der Waals surface area contributed by atoms with Gasteiger partial charge in [-0.25, -0.2) is 4.39 Å². The second-order valence-electron chi connectivity index (χ2n) is 5.51. The number of hydrogen-bond donors (Lipinski definition) is 0. The van der Waals surface area contributed by atoms with Crippen molar-refractivity contribution in [2.45, 2.75) is 50.6 Å². The van der Waals surface area contributed by atoms with Crippen LogP contribution >= 0.6 is 15.9 Å². The van der Waals surface area contributed by atoms with Crippen LogP contribution in [0.4, 0.5) is 4.39 Å². The molecule has 0 heterocycles. The van der Waals surface area contributed by atoms with Crippen LogP contribution in [0.5, 0.6) is 0 Å². The number of amides is 1. The first kappa shape index (κ1) is 13.1. The minimum atomic E-state index is -0.353. The number of rotatable bonds is 3. The van der Waals surface area contributed by atoms with Crippen molar-refractivity contribution in [1.82, 2.24) is 4.90 Å². The molecule has 0 bridgehead atoms. The van der Waals surface area contributed by atoms with Gasteiger partial charge in [-0.15, -0.1) is 0 Å². The zero-order chi connectivity index (χ0) is 13.4. The van der Waals surface area contributed by atoms with Crippen molar-refractivity contribution >= 4 is 21.8 Å². The number of benzene rings is 1. The fraction of sp³-hybridized carbons (Fsp3) is 0.533. The van der Waals surface area contributed by atoms with Crippen molar-refractivity contribution in [1.29, 1.82) is 0 Å². The summed E-state index contributed by atoms with van der Waals surface area (Å²) < 4.78 is 14.1. The molecule has 1 amide bonds. The number of hydrogen-bond acceptors (Lipinski definition) is 1. The van der Waals surface area contributed by atoms with Crippen molar-refractivity contribution in [3.63, 3.8) is 0 Å². The molecule has 3 rings (SSSR count). The van der Waals surface area contributed by atoms with Crippen molar-refractivity contribution in [3.05, 3.63) is 34.1 Å². The second kappa shape index (κ2) is 5.23. The van der Waals surface area contributed by atoms with Gasteiger partial charge in [0.05, 0.1) is 5.56 Å². The molecule has 102 valence electrons. The highest BCUT2D eigenvalue weighted by atomic mass is 79.9. The Kier molecular flexibility index (Phi) is 3.61. The monoisotopic (exact) mass is 325 g/mol. The molecular weight excluding hydrogens is 309 g/mol. The molecular formula is C15H17BrFNO. The molecule has 1 aromatic rings. The quantitative estimate of drug-likeness (QED) is 0.818. The summed E-state index contributed by atoms with van der Waals surface area (Å²) in [7, 11) is 0. The van der Waals surface area contributed by atoms with Crippen molar-refractivity contribution < 1.29 is 9.18 Å². The minimum Gasteiger partial charge on any atom is -0.333 e. The lowest BCUT2D eigenvalue weighted by Gasteiger charge is -2.29. The fourth-order valence-corrected chi connectivity index (χ4v) is 3.38. The van der Waals surface area contributed by atoms with Crippen LogP contribution in [0.1, 0.15) is 48.9 Å². The Morgan fingerprint density at radius 1 is 1.16 bits per heavy atom. The number of halogens is 2. The Hall–Kier alpha value is -0.900. The van der Waals surface area contributed by atoms with Crippen LogP contribution in [0.3, 0.4) is 0 Å². The van der Waals surface area contributed by atoms with E-state index in [2.05, 4.69) is 15.9 Å². The molecule has 19 heavy (non-hydrogen) atoms. The Bertz CT molecular complexity index is 495. The largest absolute Gasteiger partial charge is 0.333 e. The van der Waals surface area contributed by atoms with Crippen LogP contribution in [0.2, 0.25) is 0 Å². The van der Waals surface area contributed by atoms with E-state index in [1.165, 1.54) is 25.0 Å². The van der Waals surface area contributed by atoms with Gasteiger partial charge >= 0.3 is 0 Å². The maximum absolute atomic E-state index is 13.4. The molecule has 0 saturated heterocycles. The van der Waals surface area contributed by atoms with E-state index in [-0.39, 0.29) is 11.7 Å². The Morgan fingerprint density at radius 3 is 2.42 bits per heavy atom. The Morgan fingerprint density at radius 2 is 1.79 bits per heavy atom. The Labute approximate surface area is 121 Å². The van der Waals surface area contributed by atoms with Gasteiger partial charge in [-0.2, -0.15) is 0 Å². The molecule has 2 saturated carbocycles. The van der Waals surface area contributed by atoms with E-state index in [9.17, 15) is 9.18 Å². The summed E-state index contributed by atoms with van der Waals surface area (Å²) in [6, 6.07) is 5.07. The van der Waals surface area contributed by atoms with E-state index in [1.54, 1.807) is 6.07 Å². The number of nitrogens with zero attached hydrogens (tertiary/aromatic N) is 1. The van der Waals surface area contributed by atoms with Crippen LogP contribution in [0.15, 0.2) is 22.7 Å². The predicted octanol–water partition coefficient (Wildman–Crippen LogP) is 4.14. The van der Waals surface area contributed by atoms with Gasteiger partial charge in [-0.1, -0.05) is 12.8 Å². The Balaban J connectivity index is 1.89. The third-order valence-corrected chi connectivity index (χ3v) is 4.74. The van der Waals surface area contributed by atoms with E-state index < -0.39 is 0 Å². The van der Waals surface area contributed by atoms with Crippen molar-refractivity contribution in [2.75, 3.05) is 0 Å². The molecule has 2 aliphatic carbocycles. The first-order valence-corrected chi connectivity index (χ1v) is 7.74. The molecule has 2 aliphatic rings. The van der Waals surface area contributed by atoms with E-state index >= 15 is 0 Å². The summed E-state index contributed by atoms with van der Waals surface area (Å²) in [4.78, 5) is 14.7. The molecule has 2 fully saturated rings. The summed E-state index contributed by atoms with van der Waals surface area (Å²) in [5, 5.41) is 0. The lowest BCUT2D eigenvalue weighted by Crippen LogP contribution is -2.40. The van der Waals surface area contributed by atoms with E-state index in [1.807, 2.05) is 4.90 Å². The van der Waals surface area contributed by atoms with E-state index in [0.29, 0.717) is 22.1 Å². The zero-order valence-electron chi connectivity index (χ0n) is 10.7. The minimum absolute atomic E-state index is 0.0132. The van der Waals surface area contributed by atoms with Crippen molar-refractivity contribution in [2.24, 2.45) is 0 Å². The standard InChI is InChI=1S/C15H17BrFNO/c16-14-8-5-10(17)9-13(14)15(19)18(12-6-7-12)11-3-1-2-4-11/h5,8-9,11-12H,1-4,6-7H2.